The average Bonchev–Trinajstić information content (AvgIpc) is 2.60. The van der Waals surface area contributed by atoms with Crippen molar-refractivity contribution >= 4 is 11.8 Å². The third-order valence-corrected chi connectivity index (χ3v) is 3.41. The maximum absolute atomic E-state index is 11.9. The zero-order valence-corrected chi connectivity index (χ0v) is 16.2. The van der Waals surface area contributed by atoms with Gasteiger partial charge in [-0.25, -0.2) is 0 Å². The van der Waals surface area contributed by atoms with E-state index < -0.39 is 0 Å². The van der Waals surface area contributed by atoms with E-state index in [9.17, 15) is 9.59 Å². The molecule has 0 aromatic heterocycles. The third-order valence-electron chi connectivity index (χ3n) is 3.41. The average molecular weight is 325 g/mol. The Bertz CT molecular complexity index is 387. The Hall–Kier alpha value is -1.58. The maximum atomic E-state index is 11.9. The largest absolute Gasteiger partial charge is 0.342 e. The molecule has 1 aliphatic rings. The fraction of sp³-hybridized carbons (Fsp3) is 0.684. The molecule has 134 valence electrons. The summed E-state index contributed by atoms with van der Waals surface area (Å²) in [5.41, 5.74) is 1.33. The minimum Gasteiger partial charge on any atom is -0.342 e. The molecule has 0 unspecified atom stereocenters. The normalized spacial score (nSPS) is 14.9. The first-order valence-electron chi connectivity index (χ1n) is 8.88. The second-order valence-electron chi connectivity index (χ2n) is 4.96. The number of hydrogen-bond acceptors (Lipinski definition) is 2. The molecule has 1 aliphatic heterocycles. The molecule has 0 saturated carbocycles. The monoisotopic (exact) mass is 324 g/mol. The number of amides is 2. The van der Waals surface area contributed by atoms with E-state index in [4.69, 9.17) is 0 Å². The highest BCUT2D eigenvalue weighted by Gasteiger charge is 2.23. The van der Waals surface area contributed by atoms with E-state index in [-0.39, 0.29) is 18.4 Å². The van der Waals surface area contributed by atoms with Crippen molar-refractivity contribution in [3.05, 3.63) is 23.8 Å². The van der Waals surface area contributed by atoms with Crippen molar-refractivity contribution in [2.75, 3.05) is 26.7 Å². The van der Waals surface area contributed by atoms with Crippen LogP contribution >= 0.6 is 0 Å². The van der Waals surface area contributed by atoms with Crippen LogP contribution < -0.4 is 0 Å². The fourth-order valence-electron chi connectivity index (χ4n) is 1.78. The first kappa shape index (κ1) is 23.7. The molecule has 4 heteroatoms. The van der Waals surface area contributed by atoms with Gasteiger partial charge in [-0.2, -0.15) is 0 Å². The van der Waals surface area contributed by atoms with Crippen LogP contribution in [0, 0.1) is 0 Å². The minimum absolute atomic E-state index is 0.0247. The summed E-state index contributed by atoms with van der Waals surface area (Å²) < 4.78 is 0. The van der Waals surface area contributed by atoms with Crippen LogP contribution in [-0.2, 0) is 9.59 Å². The highest BCUT2D eigenvalue weighted by Crippen LogP contribution is 2.05. The van der Waals surface area contributed by atoms with Gasteiger partial charge < -0.3 is 9.80 Å². The smallest absolute Gasteiger partial charge is 0.241 e. The summed E-state index contributed by atoms with van der Waals surface area (Å²) in [4.78, 5) is 26.7. The topological polar surface area (TPSA) is 40.6 Å². The molecule has 0 bridgehead atoms. The molecule has 2 amide bonds. The Morgan fingerprint density at radius 3 is 2.30 bits per heavy atom. The molecule has 1 rings (SSSR count). The summed E-state index contributed by atoms with van der Waals surface area (Å²) in [5.74, 6) is 0.0962. The van der Waals surface area contributed by atoms with Crippen LogP contribution in [0.1, 0.15) is 60.8 Å². The van der Waals surface area contributed by atoms with E-state index in [1.807, 2.05) is 39.8 Å². The molecule has 0 radical (unpaired) electrons. The van der Waals surface area contributed by atoms with Gasteiger partial charge >= 0.3 is 0 Å². The SMILES string of the molecule is CC.CC.CC/C(C)=C\C=C/CCC(=O)N1CCN(C)C(=O)C1. The lowest BCUT2D eigenvalue weighted by atomic mass is 10.2. The van der Waals surface area contributed by atoms with E-state index in [1.165, 1.54) is 5.57 Å². The van der Waals surface area contributed by atoms with Gasteiger partial charge in [-0.3, -0.25) is 9.59 Å². The number of carbonyl (C=O) groups is 2. The van der Waals surface area contributed by atoms with Crippen molar-refractivity contribution in [3.63, 3.8) is 0 Å². The van der Waals surface area contributed by atoms with Gasteiger partial charge in [0.25, 0.3) is 0 Å². The number of rotatable bonds is 5. The van der Waals surface area contributed by atoms with Crippen LogP contribution in [0.5, 0.6) is 0 Å². The predicted molar refractivity (Wildman–Crippen MR) is 99.3 cm³/mol. The molecule has 0 aliphatic carbocycles. The van der Waals surface area contributed by atoms with Gasteiger partial charge in [0, 0.05) is 26.6 Å². The van der Waals surface area contributed by atoms with Gasteiger partial charge in [0.15, 0.2) is 0 Å². The quantitative estimate of drug-likeness (QED) is 0.716. The van der Waals surface area contributed by atoms with Gasteiger partial charge in [0.2, 0.25) is 11.8 Å². The van der Waals surface area contributed by atoms with Crippen molar-refractivity contribution < 1.29 is 9.59 Å². The summed E-state index contributed by atoms with van der Waals surface area (Å²) >= 11 is 0. The molecule has 0 aromatic carbocycles. The van der Waals surface area contributed by atoms with E-state index >= 15 is 0 Å². The van der Waals surface area contributed by atoms with E-state index in [0.717, 1.165) is 12.8 Å². The zero-order valence-electron chi connectivity index (χ0n) is 16.2. The highest BCUT2D eigenvalue weighted by atomic mass is 16.2. The molecular formula is C19H36N2O2. The molecule has 4 nitrogen and oxygen atoms in total. The summed E-state index contributed by atoms with van der Waals surface area (Å²) in [7, 11) is 1.77. The van der Waals surface area contributed by atoms with Crippen LogP contribution in [0.2, 0.25) is 0 Å². The molecule has 0 atom stereocenters. The third kappa shape index (κ3) is 10.7. The molecule has 0 aromatic rings. The van der Waals surface area contributed by atoms with Gasteiger partial charge in [-0.05, 0) is 19.8 Å². The molecule has 0 spiro atoms. The van der Waals surface area contributed by atoms with Crippen LogP contribution in [0.15, 0.2) is 23.8 Å². The number of nitrogens with zero attached hydrogens (tertiary/aromatic N) is 2. The lowest BCUT2D eigenvalue weighted by molar-refractivity contribution is -0.144. The number of piperazine rings is 1. The molecular weight excluding hydrogens is 288 g/mol. The van der Waals surface area contributed by atoms with Gasteiger partial charge in [-0.15, -0.1) is 0 Å². The van der Waals surface area contributed by atoms with Gasteiger partial charge in [-0.1, -0.05) is 58.4 Å². The van der Waals surface area contributed by atoms with E-state index in [1.54, 1.807) is 16.8 Å². The first-order chi connectivity index (χ1) is 11.0. The minimum atomic E-state index is 0.0247. The van der Waals surface area contributed by atoms with Crippen molar-refractivity contribution in [3.8, 4) is 0 Å². The maximum Gasteiger partial charge on any atom is 0.241 e. The number of likely N-dealkylation sites (N-methyl/N-ethyl adjacent to an activating group) is 1. The molecule has 1 heterocycles. The van der Waals surface area contributed by atoms with Crippen LogP contribution in [-0.4, -0.2) is 48.3 Å². The Morgan fingerprint density at radius 1 is 1.17 bits per heavy atom. The standard InChI is InChI=1S/C15H24N2O2.2C2H6/c1-4-13(2)8-6-5-7-9-14(18)17-11-10-16(3)15(19)12-17;2*1-2/h5-6,8H,4,7,9-12H2,1-3H3;2*1-2H3/b6-5-,13-8-;;. The molecule has 0 N–H and O–H groups in total. The zero-order chi connectivity index (χ0) is 18.3. The van der Waals surface area contributed by atoms with Gasteiger partial charge in [0.05, 0.1) is 6.54 Å². The number of allylic oxidation sites excluding steroid dienone is 4. The highest BCUT2D eigenvalue weighted by molar-refractivity contribution is 5.85. The van der Waals surface area contributed by atoms with Gasteiger partial charge in [0.1, 0.15) is 0 Å². The number of carbonyl (C=O) groups excluding carboxylic acids is 2. The molecule has 1 fully saturated rings. The van der Waals surface area contributed by atoms with Crippen molar-refractivity contribution in [1.82, 2.24) is 9.80 Å². The lowest BCUT2D eigenvalue weighted by Gasteiger charge is -2.31. The van der Waals surface area contributed by atoms with Crippen molar-refractivity contribution in [2.45, 2.75) is 60.8 Å². The summed E-state index contributed by atoms with van der Waals surface area (Å²) in [5, 5.41) is 0. The van der Waals surface area contributed by atoms with Crippen LogP contribution in [0.3, 0.4) is 0 Å². The Labute approximate surface area is 143 Å². The summed E-state index contributed by atoms with van der Waals surface area (Å²) in [6, 6.07) is 0. The van der Waals surface area contributed by atoms with E-state index in [2.05, 4.69) is 19.9 Å². The fourth-order valence-corrected chi connectivity index (χ4v) is 1.78. The second-order valence-corrected chi connectivity index (χ2v) is 4.96. The Balaban J connectivity index is 0. The number of hydrogen-bond donors (Lipinski definition) is 0. The van der Waals surface area contributed by atoms with Crippen LogP contribution in [0.25, 0.3) is 0 Å². The van der Waals surface area contributed by atoms with Crippen molar-refractivity contribution in [1.29, 1.82) is 0 Å². The van der Waals surface area contributed by atoms with E-state index in [0.29, 0.717) is 19.5 Å². The summed E-state index contributed by atoms with van der Waals surface area (Å²) in [6.45, 7) is 13.7. The Kier molecular flexibility index (Phi) is 15.8. The second kappa shape index (κ2) is 15.3. The van der Waals surface area contributed by atoms with Crippen LogP contribution in [0.4, 0.5) is 0 Å². The Morgan fingerprint density at radius 2 is 1.78 bits per heavy atom. The summed E-state index contributed by atoms with van der Waals surface area (Å²) in [6.07, 6.45) is 8.34. The molecule has 1 saturated heterocycles. The van der Waals surface area contributed by atoms with Crippen molar-refractivity contribution in [2.24, 2.45) is 0 Å². The first-order valence-corrected chi connectivity index (χ1v) is 8.88. The predicted octanol–water partition coefficient (Wildman–Crippen LogP) is 4.03. The lowest BCUT2D eigenvalue weighted by Crippen LogP contribution is -2.50. The molecule has 23 heavy (non-hydrogen) atoms.